The molecule has 110 valence electrons. The lowest BCUT2D eigenvalue weighted by Crippen LogP contribution is -2.24. The van der Waals surface area contributed by atoms with Crippen molar-refractivity contribution in [2.24, 2.45) is 0 Å². The topological polar surface area (TPSA) is 41.1 Å². The third-order valence-electron chi connectivity index (χ3n) is 3.17. The van der Waals surface area contributed by atoms with Crippen molar-refractivity contribution in [1.29, 1.82) is 0 Å². The van der Waals surface area contributed by atoms with Crippen molar-refractivity contribution >= 4 is 27.5 Å². The van der Waals surface area contributed by atoms with Gasteiger partial charge in [0.05, 0.1) is 0 Å². The third-order valence-corrected chi connectivity index (χ3v) is 4.06. The van der Waals surface area contributed by atoms with E-state index in [1.165, 1.54) is 5.56 Å². The molecule has 0 aliphatic carbocycles. The summed E-state index contributed by atoms with van der Waals surface area (Å²) in [5.41, 5.74) is 3.32. The summed E-state index contributed by atoms with van der Waals surface area (Å²) in [5.74, 6) is 0.0557. The van der Waals surface area contributed by atoms with Crippen molar-refractivity contribution in [3.05, 3.63) is 64.1 Å². The molecule has 0 bridgehead atoms. The first-order valence-corrected chi connectivity index (χ1v) is 7.75. The van der Waals surface area contributed by atoms with Crippen LogP contribution in [0, 0.1) is 6.92 Å². The van der Waals surface area contributed by atoms with Crippen LogP contribution in [0.2, 0.25) is 0 Å². The zero-order valence-electron chi connectivity index (χ0n) is 12.0. The Morgan fingerprint density at radius 1 is 1.14 bits per heavy atom. The summed E-state index contributed by atoms with van der Waals surface area (Å²) in [6.07, 6.45) is 0.460. The van der Waals surface area contributed by atoms with Crippen LogP contribution in [0.1, 0.15) is 17.5 Å². The van der Waals surface area contributed by atoms with E-state index in [4.69, 9.17) is 0 Å². The maximum absolute atomic E-state index is 11.8. The fourth-order valence-corrected chi connectivity index (χ4v) is 2.21. The Morgan fingerprint density at radius 2 is 1.90 bits per heavy atom. The summed E-state index contributed by atoms with van der Waals surface area (Å²) < 4.78 is 1.09. The lowest BCUT2D eigenvalue weighted by atomic mass is 10.2. The second-order valence-electron chi connectivity index (χ2n) is 4.90. The van der Waals surface area contributed by atoms with E-state index in [0.29, 0.717) is 19.5 Å². The normalized spacial score (nSPS) is 10.2. The van der Waals surface area contributed by atoms with Gasteiger partial charge in [0.2, 0.25) is 5.91 Å². The van der Waals surface area contributed by atoms with Gasteiger partial charge < -0.3 is 10.6 Å². The highest BCUT2D eigenvalue weighted by molar-refractivity contribution is 9.10. The van der Waals surface area contributed by atoms with Crippen LogP contribution < -0.4 is 10.6 Å². The summed E-state index contributed by atoms with van der Waals surface area (Å²) >= 11 is 3.47. The Morgan fingerprint density at radius 3 is 2.62 bits per heavy atom. The molecule has 0 unspecified atom stereocenters. The number of rotatable bonds is 6. The van der Waals surface area contributed by atoms with Gasteiger partial charge in [0.15, 0.2) is 0 Å². The number of hydrogen-bond acceptors (Lipinski definition) is 2. The lowest BCUT2D eigenvalue weighted by Gasteiger charge is -2.09. The molecule has 3 nitrogen and oxygen atoms in total. The van der Waals surface area contributed by atoms with Crippen molar-refractivity contribution < 1.29 is 4.79 Å². The quantitative estimate of drug-likeness (QED) is 0.833. The Hall–Kier alpha value is -1.81. The van der Waals surface area contributed by atoms with Gasteiger partial charge in [-0.2, -0.15) is 0 Å². The predicted octanol–water partition coefficient (Wildman–Crippen LogP) is 3.88. The monoisotopic (exact) mass is 346 g/mol. The van der Waals surface area contributed by atoms with Gasteiger partial charge in [-0.3, -0.25) is 4.79 Å². The molecule has 0 heterocycles. The number of anilines is 1. The molecule has 2 aromatic rings. The van der Waals surface area contributed by atoms with Gasteiger partial charge in [0, 0.05) is 29.7 Å². The van der Waals surface area contributed by atoms with E-state index in [1.54, 1.807) is 0 Å². The summed E-state index contributed by atoms with van der Waals surface area (Å²) in [6.45, 7) is 3.25. The molecule has 0 aliphatic rings. The molecule has 1 amide bonds. The number of carbonyl (C=O) groups is 1. The van der Waals surface area contributed by atoms with E-state index in [0.717, 1.165) is 15.7 Å². The number of amides is 1. The number of benzene rings is 2. The lowest BCUT2D eigenvalue weighted by molar-refractivity contribution is -0.121. The Bertz CT molecular complexity index is 599. The highest BCUT2D eigenvalue weighted by atomic mass is 79.9. The van der Waals surface area contributed by atoms with E-state index in [2.05, 4.69) is 32.6 Å². The molecule has 0 aromatic heterocycles. The molecule has 0 fully saturated rings. The molecule has 0 saturated heterocycles. The van der Waals surface area contributed by atoms with Gasteiger partial charge in [0.1, 0.15) is 0 Å². The molecule has 2 rings (SSSR count). The van der Waals surface area contributed by atoms with Crippen molar-refractivity contribution in [2.75, 3.05) is 11.9 Å². The molecule has 0 atom stereocenters. The summed E-state index contributed by atoms with van der Waals surface area (Å²) in [7, 11) is 0. The number of nitrogens with one attached hydrogen (secondary N) is 2. The van der Waals surface area contributed by atoms with Crippen molar-refractivity contribution in [3.8, 4) is 0 Å². The minimum absolute atomic E-state index is 0.0557. The first-order chi connectivity index (χ1) is 10.1. The van der Waals surface area contributed by atoms with Gasteiger partial charge in [-0.1, -0.05) is 46.3 Å². The molecule has 2 aromatic carbocycles. The highest BCUT2D eigenvalue weighted by Crippen LogP contribution is 2.19. The molecular weight excluding hydrogens is 328 g/mol. The van der Waals surface area contributed by atoms with Crippen LogP contribution in [0.3, 0.4) is 0 Å². The SMILES string of the molecule is Cc1cc(NCCC(=O)NCc2ccccc2)ccc1Br. The number of halogens is 1. The summed E-state index contributed by atoms with van der Waals surface area (Å²) in [4.78, 5) is 11.8. The van der Waals surface area contributed by atoms with Crippen LogP contribution in [0.4, 0.5) is 5.69 Å². The first-order valence-electron chi connectivity index (χ1n) is 6.96. The van der Waals surface area contributed by atoms with Crippen LogP contribution >= 0.6 is 15.9 Å². The number of carbonyl (C=O) groups excluding carboxylic acids is 1. The molecule has 4 heteroatoms. The fraction of sp³-hybridized carbons (Fsp3) is 0.235. The van der Waals surface area contributed by atoms with Gasteiger partial charge in [0.25, 0.3) is 0 Å². The van der Waals surface area contributed by atoms with Gasteiger partial charge >= 0.3 is 0 Å². The molecule has 0 saturated carbocycles. The standard InChI is InChI=1S/C17H19BrN2O/c1-13-11-15(7-8-16(13)18)19-10-9-17(21)20-12-14-5-3-2-4-6-14/h2-8,11,19H,9-10,12H2,1H3,(H,20,21). The molecular formula is C17H19BrN2O. The van der Waals surface area contributed by atoms with Crippen molar-refractivity contribution in [2.45, 2.75) is 19.9 Å². The molecule has 21 heavy (non-hydrogen) atoms. The molecule has 0 radical (unpaired) electrons. The minimum Gasteiger partial charge on any atom is -0.385 e. The van der Waals surface area contributed by atoms with E-state index >= 15 is 0 Å². The van der Waals surface area contributed by atoms with E-state index in [-0.39, 0.29) is 5.91 Å². The third kappa shape index (κ3) is 5.23. The predicted molar refractivity (Wildman–Crippen MR) is 90.3 cm³/mol. The van der Waals surface area contributed by atoms with Crippen molar-refractivity contribution in [3.63, 3.8) is 0 Å². The average Bonchev–Trinajstić information content (AvgIpc) is 2.50. The van der Waals surface area contributed by atoms with Gasteiger partial charge in [-0.05, 0) is 36.2 Å². The molecule has 0 aliphatic heterocycles. The minimum atomic E-state index is 0.0557. The van der Waals surface area contributed by atoms with Crippen molar-refractivity contribution in [1.82, 2.24) is 5.32 Å². The summed E-state index contributed by atoms with van der Waals surface area (Å²) in [5, 5.41) is 6.18. The van der Waals surface area contributed by atoms with Gasteiger partial charge in [-0.15, -0.1) is 0 Å². The fourth-order valence-electron chi connectivity index (χ4n) is 1.96. The van der Waals surface area contributed by atoms with Crippen LogP contribution in [-0.2, 0) is 11.3 Å². The maximum atomic E-state index is 11.8. The second-order valence-corrected chi connectivity index (χ2v) is 5.76. The Balaban J connectivity index is 1.70. The largest absolute Gasteiger partial charge is 0.385 e. The Kier molecular flexibility index (Phi) is 5.81. The van der Waals surface area contributed by atoms with E-state index in [9.17, 15) is 4.79 Å². The maximum Gasteiger partial charge on any atom is 0.222 e. The summed E-state index contributed by atoms with van der Waals surface area (Å²) in [6, 6.07) is 16.0. The smallest absolute Gasteiger partial charge is 0.222 e. The van der Waals surface area contributed by atoms with Crippen LogP contribution in [0.25, 0.3) is 0 Å². The average molecular weight is 347 g/mol. The van der Waals surface area contributed by atoms with Gasteiger partial charge in [-0.25, -0.2) is 0 Å². The van der Waals surface area contributed by atoms with Crippen LogP contribution in [-0.4, -0.2) is 12.5 Å². The molecule has 0 spiro atoms. The highest BCUT2D eigenvalue weighted by Gasteiger charge is 2.02. The number of aryl methyl sites for hydroxylation is 1. The second kappa shape index (κ2) is 7.84. The van der Waals surface area contributed by atoms with E-state index < -0.39 is 0 Å². The Labute approximate surface area is 133 Å². The van der Waals surface area contributed by atoms with Crippen LogP contribution in [0.5, 0.6) is 0 Å². The van der Waals surface area contributed by atoms with E-state index in [1.807, 2.05) is 49.4 Å². The first kappa shape index (κ1) is 15.6. The number of hydrogen-bond donors (Lipinski definition) is 2. The zero-order chi connectivity index (χ0) is 15.1. The van der Waals surface area contributed by atoms with Crippen LogP contribution in [0.15, 0.2) is 53.0 Å². The zero-order valence-corrected chi connectivity index (χ0v) is 13.6. The molecule has 2 N–H and O–H groups in total.